The molecule has 0 bridgehead atoms. The van der Waals surface area contributed by atoms with Gasteiger partial charge in [-0.2, -0.15) is 4.98 Å². The maximum Gasteiger partial charge on any atom is 0.276 e. The molecule has 26 heavy (non-hydrogen) atoms. The van der Waals surface area contributed by atoms with Crippen molar-refractivity contribution in [1.82, 2.24) is 25.8 Å². The van der Waals surface area contributed by atoms with Crippen LogP contribution in [0.25, 0.3) is 11.6 Å². The minimum absolute atomic E-state index is 0.454. The Morgan fingerprint density at radius 3 is 2.81 bits per heavy atom. The Bertz CT molecular complexity index is 691. The van der Waals surface area contributed by atoms with Crippen LogP contribution in [0.15, 0.2) is 33.9 Å². The molecule has 1 aliphatic rings. The normalized spacial score (nSPS) is 20.8. The molecule has 0 amide bonds. The van der Waals surface area contributed by atoms with E-state index in [4.69, 9.17) is 4.52 Å². The lowest BCUT2D eigenvalue weighted by Crippen LogP contribution is -2.45. The zero-order valence-corrected chi connectivity index (χ0v) is 15.6. The topological polar surface area (TPSA) is 88.2 Å². The van der Waals surface area contributed by atoms with Crippen molar-refractivity contribution in [3.05, 3.63) is 30.2 Å². The van der Waals surface area contributed by atoms with Crippen LogP contribution < -0.4 is 10.6 Å². The Hall–Kier alpha value is -2.44. The van der Waals surface area contributed by atoms with E-state index in [0.717, 1.165) is 11.9 Å². The Labute approximate surface area is 154 Å². The largest absolute Gasteiger partial charge is 0.356 e. The lowest BCUT2D eigenvalue weighted by molar-refractivity contribution is 0.304. The van der Waals surface area contributed by atoms with Crippen LogP contribution >= 0.6 is 0 Å². The van der Waals surface area contributed by atoms with E-state index in [1.54, 1.807) is 13.2 Å². The van der Waals surface area contributed by atoms with E-state index >= 15 is 0 Å². The fraction of sp³-hybridized carbons (Fsp3) is 0.579. The lowest BCUT2D eigenvalue weighted by atomic mass is 9.84. The van der Waals surface area contributed by atoms with Gasteiger partial charge in [0.25, 0.3) is 5.89 Å². The lowest BCUT2D eigenvalue weighted by Gasteiger charge is -2.29. The van der Waals surface area contributed by atoms with E-state index in [-0.39, 0.29) is 0 Å². The smallest absolute Gasteiger partial charge is 0.276 e. The molecule has 1 fully saturated rings. The molecule has 0 spiro atoms. The highest BCUT2D eigenvalue weighted by molar-refractivity contribution is 5.79. The molecule has 0 unspecified atom stereocenters. The summed E-state index contributed by atoms with van der Waals surface area (Å²) in [6.07, 6.45) is 8.73. The standard InChI is InChI=1S/C19H28N6O/c1-3-14-7-9-15(10-8-14)23-19(20-2)22-13-11-17-24-18(26-25-17)16-6-4-5-12-21-16/h4-6,12,14-15H,3,7-11,13H2,1-2H3,(H2,20,22,23). The minimum atomic E-state index is 0.454. The number of pyridine rings is 1. The van der Waals surface area contributed by atoms with Crippen molar-refractivity contribution in [1.29, 1.82) is 0 Å². The van der Waals surface area contributed by atoms with Crippen molar-refractivity contribution in [2.75, 3.05) is 13.6 Å². The summed E-state index contributed by atoms with van der Waals surface area (Å²) < 4.78 is 5.28. The van der Waals surface area contributed by atoms with Crippen LogP contribution in [0.4, 0.5) is 0 Å². The number of rotatable bonds is 6. The second-order valence-corrected chi connectivity index (χ2v) is 6.75. The van der Waals surface area contributed by atoms with Gasteiger partial charge in [0, 0.05) is 32.3 Å². The molecule has 1 aliphatic carbocycles. The highest BCUT2D eigenvalue weighted by Crippen LogP contribution is 2.26. The monoisotopic (exact) mass is 356 g/mol. The molecule has 7 heteroatoms. The van der Waals surface area contributed by atoms with Crippen molar-refractivity contribution in [3.63, 3.8) is 0 Å². The quantitative estimate of drug-likeness (QED) is 0.611. The van der Waals surface area contributed by atoms with Crippen LogP contribution in [-0.2, 0) is 6.42 Å². The molecule has 1 saturated carbocycles. The van der Waals surface area contributed by atoms with Gasteiger partial charge in [-0.15, -0.1) is 0 Å². The zero-order chi connectivity index (χ0) is 18.2. The maximum atomic E-state index is 5.28. The van der Waals surface area contributed by atoms with Crippen LogP contribution in [0.1, 0.15) is 44.9 Å². The maximum absolute atomic E-state index is 5.28. The number of aliphatic imine (C=N–C) groups is 1. The van der Waals surface area contributed by atoms with Gasteiger partial charge in [0.15, 0.2) is 11.8 Å². The first-order valence-corrected chi connectivity index (χ1v) is 9.49. The number of aromatic nitrogens is 3. The fourth-order valence-electron chi connectivity index (χ4n) is 3.34. The molecule has 0 atom stereocenters. The van der Waals surface area contributed by atoms with Gasteiger partial charge in [0.05, 0.1) is 0 Å². The molecule has 7 nitrogen and oxygen atoms in total. The van der Waals surface area contributed by atoms with Gasteiger partial charge in [0.1, 0.15) is 5.69 Å². The van der Waals surface area contributed by atoms with Crippen LogP contribution in [0.2, 0.25) is 0 Å². The molecule has 3 rings (SSSR count). The number of hydrogen-bond acceptors (Lipinski definition) is 5. The summed E-state index contributed by atoms with van der Waals surface area (Å²) in [6.45, 7) is 2.99. The average Bonchev–Trinajstić information content (AvgIpc) is 3.17. The molecule has 140 valence electrons. The fourth-order valence-corrected chi connectivity index (χ4v) is 3.34. The summed E-state index contributed by atoms with van der Waals surface area (Å²) in [5.74, 6) is 2.86. The molecule has 0 radical (unpaired) electrons. The van der Waals surface area contributed by atoms with E-state index < -0.39 is 0 Å². The first kappa shape index (κ1) is 18.4. The molecule has 0 saturated heterocycles. The highest BCUT2D eigenvalue weighted by Gasteiger charge is 2.20. The Balaban J connectivity index is 1.43. The van der Waals surface area contributed by atoms with Gasteiger partial charge < -0.3 is 15.2 Å². The summed E-state index contributed by atoms with van der Waals surface area (Å²) in [5.41, 5.74) is 0.694. The van der Waals surface area contributed by atoms with Gasteiger partial charge in [-0.05, 0) is 43.7 Å². The zero-order valence-electron chi connectivity index (χ0n) is 15.6. The summed E-state index contributed by atoms with van der Waals surface area (Å²) in [7, 11) is 1.81. The molecule has 2 heterocycles. The minimum Gasteiger partial charge on any atom is -0.356 e. The summed E-state index contributed by atoms with van der Waals surface area (Å²) in [5, 5.41) is 10.9. The average molecular weight is 356 g/mol. The first-order valence-electron chi connectivity index (χ1n) is 9.49. The van der Waals surface area contributed by atoms with E-state index in [0.29, 0.717) is 36.4 Å². The highest BCUT2D eigenvalue weighted by atomic mass is 16.5. The van der Waals surface area contributed by atoms with Crippen molar-refractivity contribution in [2.45, 2.75) is 51.5 Å². The molecule has 0 aromatic carbocycles. The van der Waals surface area contributed by atoms with Gasteiger partial charge in [-0.3, -0.25) is 9.98 Å². The third-order valence-electron chi connectivity index (χ3n) is 4.98. The Kier molecular flexibility index (Phi) is 6.57. The predicted molar refractivity (Wildman–Crippen MR) is 102 cm³/mol. The van der Waals surface area contributed by atoms with Gasteiger partial charge >= 0.3 is 0 Å². The third kappa shape index (κ3) is 5.03. The number of nitrogens with zero attached hydrogens (tertiary/aromatic N) is 4. The number of hydrogen-bond donors (Lipinski definition) is 2. The van der Waals surface area contributed by atoms with Crippen molar-refractivity contribution < 1.29 is 4.52 Å². The summed E-state index contributed by atoms with van der Waals surface area (Å²) >= 11 is 0. The second kappa shape index (κ2) is 9.31. The van der Waals surface area contributed by atoms with Crippen molar-refractivity contribution in [2.24, 2.45) is 10.9 Å². The van der Waals surface area contributed by atoms with Crippen LogP contribution in [-0.4, -0.2) is 40.7 Å². The molecular formula is C19H28N6O. The number of guanidine groups is 1. The van der Waals surface area contributed by atoms with Gasteiger partial charge in [-0.1, -0.05) is 24.6 Å². The van der Waals surface area contributed by atoms with Crippen LogP contribution in [0.5, 0.6) is 0 Å². The second-order valence-electron chi connectivity index (χ2n) is 6.75. The van der Waals surface area contributed by atoms with Crippen LogP contribution in [0.3, 0.4) is 0 Å². The molecule has 2 N–H and O–H groups in total. The third-order valence-corrected chi connectivity index (χ3v) is 4.98. The Morgan fingerprint density at radius 2 is 2.12 bits per heavy atom. The SMILES string of the molecule is CCC1CCC(NC(=NC)NCCc2noc(-c3ccccn3)n2)CC1. The summed E-state index contributed by atoms with van der Waals surface area (Å²) in [6, 6.07) is 6.13. The van der Waals surface area contributed by atoms with E-state index in [9.17, 15) is 0 Å². The molecule has 2 aromatic heterocycles. The first-order chi connectivity index (χ1) is 12.8. The van der Waals surface area contributed by atoms with Crippen molar-refractivity contribution >= 4 is 5.96 Å². The van der Waals surface area contributed by atoms with Crippen molar-refractivity contribution in [3.8, 4) is 11.6 Å². The molecule has 2 aromatic rings. The Morgan fingerprint density at radius 1 is 1.27 bits per heavy atom. The van der Waals surface area contributed by atoms with Gasteiger partial charge in [0.2, 0.25) is 0 Å². The predicted octanol–water partition coefficient (Wildman–Crippen LogP) is 2.81. The van der Waals surface area contributed by atoms with E-state index in [2.05, 4.69) is 37.7 Å². The van der Waals surface area contributed by atoms with Crippen LogP contribution in [0, 0.1) is 5.92 Å². The van der Waals surface area contributed by atoms with E-state index in [1.165, 1.54) is 32.1 Å². The molecular weight excluding hydrogens is 328 g/mol. The van der Waals surface area contributed by atoms with Gasteiger partial charge in [-0.25, -0.2) is 0 Å². The number of nitrogens with one attached hydrogen (secondary N) is 2. The van der Waals surface area contributed by atoms with E-state index in [1.807, 2.05) is 18.2 Å². The molecule has 0 aliphatic heterocycles. The summed E-state index contributed by atoms with van der Waals surface area (Å²) in [4.78, 5) is 12.9.